The second-order valence-electron chi connectivity index (χ2n) is 6.74. The van der Waals surface area contributed by atoms with Gasteiger partial charge in [0, 0.05) is 24.7 Å². The van der Waals surface area contributed by atoms with Crippen LogP contribution in [0.1, 0.15) is 30.5 Å². The van der Waals surface area contributed by atoms with Gasteiger partial charge >= 0.3 is 6.03 Å². The summed E-state index contributed by atoms with van der Waals surface area (Å²) in [4.78, 5) is 17.0. The highest BCUT2D eigenvalue weighted by Gasteiger charge is 2.25. The number of carbonyl (C=O) groups excluding carboxylic acids is 1. The lowest BCUT2D eigenvalue weighted by atomic mass is 10.1. The molecule has 7 nitrogen and oxygen atoms in total. The van der Waals surface area contributed by atoms with Gasteiger partial charge in [-0.1, -0.05) is 12.1 Å². The number of benzene rings is 2. The van der Waals surface area contributed by atoms with Crippen LogP contribution in [-0.2, 0) is 6.54 Å². The van der Waals surface area contributed by atoms with Gasteiger partial charge in [-0.3, -0.25) is 0 Å². The summed E-state index contributed by atoms with van der Waals surface area (Å²) in [6, 6.07) is 8.84. The topological polar surface area (TPSA) is 81.1 Å². The predicted molar refractivity (Wildman–Crippen MR) is 102 cm³/mol. The number of halogens is 2. The smallest absolute Gasteiger partial charge is 0.319 e. The first-order valence-electron chi connectivity index (χ1n) is 9.20. The van der Waals surface area contributed by atoms with Crippen molar-refractivity contribution in [1.29, 1.82) is 0 Å². The minimum atomic E-state index is -0.750. The maximum absolute atomic E-state index is 13.4. The molecule has 3 aromatic rings. The zero-order chi connectivity index (χ0) is 20.4. The fourth-order valence-electron chi connectivity index (χ4n) is 3.30. The number of ether oxygens (including phenoxy) is 1. The zero-order valence-corrected chi connectivity index (χ0v) is 15.7. The Bertz CT molecular complexity index is 1030. The van der Waals surface area contributed by atoms with Gasteiger partial charge in [-0.15, -0.1) is 0 Å². The minimum absolute atomic E-state index is 0.00647. The Morgan fingerprint density at radius 1 is 1.21 bits per heavy atom. The van der Waals surface area contributed by atoms with Crippen LogP contribution in [0.5, 0.6) is 11.5 Å². The fraction of sp³-hybridized carbons (Fsp3) is 0.250. The number of nitrogens with zero attached hydrogens (tertiary/aromatic N) is 3. The molecule has 0 spiro atoms. The first-order valence-corrected chi connectivity index (χ1v) is 9.20. The summed E-state index contributed by atoms with van der Waals surface area (Å²) in [6.07, 6.45) is 1.64. The average molecular weight is 399 g/mol. The van der Waals surface area contributed by atoms with E-state index in [1.54, 1.807) is 28.9 Å². The molecule has 1 aromatic heterocycles. The van der Waals surface area contributed by atoms with Crippen molar-refractivity contribution < 1.29 is 18.3 Å². The van der Waals surface area contributed by atoms with Crippen LogP contribution in [0.2, 0.25) is 0 Å². The van der Waals surface area contributed by atoms with Crippen molar-refractivity contribution in [3.63, 3.8) is 0 Å². The van der Waals surface area contributed by atoms with Crippen LogP contribution in [0.3, 0.4) is 0 Å². The summed E-state index contributed by atoms with van der Waals surface area (Å²) in [5.41, 5.74) is 0.364. The highest BCUT2D eigenvalue weighted by Crippen LogP contribution is 2.30. The molecule has 2 amide bonds. The predicted octanol–water partition coefficient (Wildman–Crippen LogP) is 4.31. The quantitative estimate of drug-likeness (QED) is 0.685. The third-order valence-electron chi connectivity index (χ3n) is 4.49. The second kappa shape index (κ2) is 7.86. The molecule has 150 valence electrons. The van der Waals surface area contributed by atoms with Crippen molar-refractivity contribution >= 4 is 11.7 Å². The molecule has 2 aromatic carbocycles. The number of hydrogen-bond donors (Lipinski definition) is 2. The van der Waals surface area contributed by atoms with E-state index in [1.165, 1.54) is 0 Å². The van der Waals surface area contributed by atoms with E-state index in [9.17, 15) is 13.6 Å². The lowest BCUT2D eigenvalue weighted by Crippen LogP contribution is -2.36. The molecular weight excluding hydrogens is 380 g/mol. The summed E-state index contributed by atoms with van der Waals surface area (Å²) in [6.45, 7) is 2.59. The molecule has 0 saturated heterocycles. The number of urea groups is 1. The van der Waals surface area contributed by atoms with Crippen molar-refractivity contribution in [3.8, 4) is 11.5 Å². The van der Waals surface area contributed by atoms with Crippen molar-refractivity contribution in [2.45, 2.75) is 32.4 Å². The number of amides is 2. The standard InChI is InChI=1S/C20H19F2N5O2/c1-12-23-19-17(6-4-8-27(19)26-12)25-20(28)24-16-5-2-3-7-18(16)29-15-10-13(21)9-14(22)11-15/h2-3,5,7,9-11,17H,4,6,8H2,1H3,(H2,24,25,28)/t17-/m0/s1. The third-order valence-corrected chi connectivity index (χ3v) is 4.49. The number of fused-ring (bicyclic) bond motifs is 1. The second-order valence-corrected chi connectivity index (χ2v) is 6.74. The van der Waals surface area contributed by atoms with Crippen LogP contribution in [0, 0.1) is 18.6 Å². The van der Waals surface area contributed by atoms with Gasteiger partial charge in [0.1, 0.15) is 29.0 Å². The monoisotopic (exact) mass is 399 g/mol. The molecule has 0 bridgehead atoms. The van der Waals surface area contributed by atoms with Crippen LogP contribution in [-0.4, -0.2) is 20.8 Å². The van der Waals surface area contributed by atoms with E-state index < -0.39 is 17.7 Å². The molecule has 0 radical (unpaired) electrons. The van der Waals surface area contributed by atoms with Gasteiger partial charge in [-0.2, -0.15) is 5.10 Å². The molecule has 2 N–H and O–H groups in total. The molecule has 1 aliphatic rings. The molecule has 29 heavy (non-hydrogen) atoms. The van der Waals surface area contributed by atoms with E-state index in [2.05, 4.69) is 20.7 Å². The first kappa shape index (κ1) is 18.9. The normalized spacial score (nSPS) is 15.5. The molecular formula is C20H19F2N5O2. The number of aromatic nitrogens is 3. The molecule has 9 heteroatoms. The molecule has 2 heterocycles. The highest BCUT2D eigenvalue weighted by atomic mass is 19.1. The summed E-state index contributed by atoms with van der Waals surface area (Å²) in [7, 11) is 0. The number of rotatable bonds is 4. The number of para-hydroxylation sites is 2. The Kier molecular flexibility index (Phi) is 5.11. The van der Waals surface area contributed by atoms with E-state index in [0.717, 1.165) is 43.4 Å². The lowest BCUT2D eigenvalue weighted by Gasteiger charge is -2.23. The maximum atomic E-state index is 13.4. The average Bonchev–Trinajstić information content (AvgIpc) is 3.04. The van der Waals surface area contributed by atoms with Crippen LogP contribution in [0.4, 0.5) is 19.3 Å². The Morgan fingerprint density at radius 2 is 1.97 bits per heavy atom. The number of nitrogens with one attached hydrogen (secondary N) is 2. The Morgan fingerprint density at radius 3 is 2.76 bits per heavy atom. The van der Waals surface area contributed by atoms with E-state index in [0.29, 0.717) is 11.5 Å². The summed E-state index contributed by atoms with van der Waals surface area (Å²) in [5.74, 6) is 0.141. The van der Waals surface area contributed by atoms with E-state index in [1.807, 2.05) is 6.92 Å². The molecule has 0 fully saturated rings. The number of hydrogen-bond acceptors (Lipinski definition) is 4. The van der Waals surface area contributed by atoms with Crippen LogP contribution >= 0.6 is 0 Å². The Labute approximate surface area is 165 Å². The van der Waals surface area contributed by atoms with Gasteiger partial charge < -0.3 is 15.4 Å². The van der Waals surface area contributed by atoms with E-state index in [-0.39, 0.29) is 17.5 Å². The number of carbonyl (C=O) groups is 1. The SMILES string of the molecule is Cc1nc2n(n1)CCC[C@@H]2NC(=O)Nc1ccccc1Oc1cc(F)cc(F)c1. The molecule has 1 atom stereocenters. The van der Waals surface area contributed by atoms with Gasteiger partial charge in [0.15, 0.2) is 5.75 Å². The molecule has 0 aliphatic carbocycles. The summed E-state index contributed by atoms with van der Waals surface area (Å²) < 4.78 is 34.2. The fourth-order valence-corrected chi connectivity index (χ4v) is 3.30. The van der Waals surface area contributed by atoms with E-state index in [4.69, 9.17) is 4.74 Å². The van der Waals surface area contributed by atoms with Crippen molar-refractivity contribution in [2.75, 3.05) is 5.32 Å². The van der Waals surface area contributed by atoms with Gasteiger partial charge in [0.2, 0.25) is 0 Å². The minimum Gasteiger partial charge on any atom is -0.455 e. The Hall–Kier alpha value is -3.49. The largest absolute Gasteiger partial charge is 0.455 e. The number of aryl methyl sites for hydroxylation is 2. The lowest BCUT2D eigenvalue weighted by molar-refractivity contribution is 0.244. The maximum Gasteiger partial charge on any atom is 0.319 e. The van der Waals surface area contributed by atoms with Crippen LogP contribution in [0.25, 0.3) is 0 Å². The Balaban J connectivity index is 1.48. The van der Waals surface area contributed by atoms with Crippen molar-refractivity contribution in [1.82, 2.24) is 20.1 Å². The van der Waals surface area contributed by atoms with Gasteiger partial charge in [-0.05, 0) is 31.9 Å². The van der Waals surface area contributed by atoms with Crippen LogP contribution in [0.15, 0.2) is 42.5 Å². The van der Waals surface area contributed by atoms with Gasteiger partial charge in [-0.25, -0.2) is 23.2 Å². The molecule has 1 aliphatic heterocycles. The summed E-state index contributed by atoms with van der Waals surface area (Å²) >= 11 is 0. The van der Waals surface area contributed by atoms with Crippen molar-refractivity contribution in [3.05, 3.63) is 65.7 Å². The van der Waals surface area contributed by atoms with Gasteiger partial charge in [0.05, 0.1) is 11.7 Å². The first-order chi connectivity index (χ1) is 14.0. The van der Waals surface area contributed by atoms with Crippen molar-refractivity contribution in [2.24, 2.45) is 0 Å². The van der Waals surface area contributed by atoms with E-state index >= 15 is 0 Å². The number of anilines is 1. The molecule has 0 unspecified atom stereocenters. The highest BCUT2D eigenvalue weighted by molar-refractivity contribution is 5.91. The summed E-state index contributed by atoms with van der Waals surface area (Å²) in [5, 5.41) is 9.94. The van der Waals surface area contributed by atoms with Crippen LogP contribution < -0.4 is 15.4 Å². The van der Waals surface area contributed by atoms with Gasteiger partial charge in [0.25, 0.3) is 0 Å². The molecule has 0 saturated carbocycles. The third kappa shape index (κ3) is 4.34. The zero-order valence-electron chi connectivity index (χ0n) is 15.7. The molecule has 4 rings (SSSR count).